The molecule has 86 valence electrons. The smallest absolute Gasteiger partial charge is 0.124 e. The van der Waals surface area contributed by atoms with E-state index < -0.39 is 0 Å². The molecule has 0 aliphatic heterocycles. The lowest BCUT2D eigenvalue weighted by Crippen LogP contribution is -2.15. The summed E-state index contributed by atoms with van der Waals surface area (Å²) in [4.78, 5) is 0. The van der Waals surface area contributed by atoms with Crippen molar-refractivity contribution in [1.82, 2.24) is 9.78 Å². The van der Waals surface area contributed by atoms with Crippen LogP contribution in [0.5, 0.6) is 0 Å². The first kappa shape index (κ1) is 12.1. The van der Waals surface area contributed by atoms with Gasteiger partial charge in [-0.1, -0.05) is 34.6 Å². The topological polar surface area (TPSA) is 43.8 Å². The van der Waals surface area contributed by atoms with Gasteiger partial charge in [-0.05, 0) is 12.3 Å². The lowest BCUT2D eigenvalue weighted by molar-refractivity contribution is 0.540. The maximum atomic E-state index is 6.05. The van der Waals surface area contributed by atoms with E-state index in [0.29, 0.717) is 5.92 Å². The van der Waals surface area contributed by atoms with Gasteiger partial charge in [-0.15, -0.1) is 0 Å². The van der Waals surface area contributed by atoms with Crippen LogP contribution in [0.1, 0.15) is 45.9 Å². The lowest BCUT2D eigenvalue weighted by atomic mass is 9.87. The quantitative estimate of drug-likeness (QED) is 0.813. The van der Waals surface area contributed by atoms with Crippen molar-refractivity contribution in [2.24, 2.45) is 13.0 Å². The summed E-state index contributed by atoms with van der Waals surface area (Å²) in [5.74, 6) is 1.42. The van der Waals surface area contributed by atoms with Gasteiger partial charge >= 0.3 is 0 Å². The molecule has 0 fully saturated rings. The van der Waals surface area contributed by atoms with Crippen LogP contribution in [0.15, 0.2) is 0 Å². The van der Waals surface area contributed by atoms with Crippen LogP contribution in [0.25, 0.3) is 0 Å². The van der Waals surface area contributed by atoms with E-state index in [1.165, 1.54) is 5.56 Å². The maximum absolute atomic E-state index is 6.05. The standard InChI is InChI=1S/C12H23N3/c1-8(2)7-9-10(12(3,4)5)14-15(6)11(9)13/h8H,7,13H2,1-6H3. The van der Waals surface area contributed by atoms with Crippen molar-refractivity contribution in [2.45, 2.75) is 46.5 Å². The zero-order valence-corrected chi connectivity index (χ0v) is 10.8. The molecule has 3 nitrogen and oxygen atoms in total. The van der Waals surface area contributed by atoms with Crippen molar-refractivity contribution < 1.29 is 0 Å². The van der Waals surface area contributed by atoms with E-state index in [1.54, 1.807) is 4.68 Å². The van der Waals surface area contributed by atoms with Crippen LogP contribution in [-0.2, 0) is 18.9 Å². The molecule has 1 aromatic heterocycles. The highest BCUT2D eigenvalue weighted by atomic mass is 15.3. The highest BCUT2D eigenvalue weighted by Crippen LogP contribution is 2.29. The fraction of sp³-hybridized carbons (Fsp3) is 0.750. The van der Waals surface area contributed by atoms with Gasteiger partial charge in [-0.3, -0.25) is 4.68 Å². The number of anilines is 1. The Morgan fingerprint density at radius 1 is 1.33 bits per heavy atom. The third kappa shape index (κ3) is 2.52. The molecule has 15 heavy (non-hydrogen) atoms. The Labute approximate surface area is 92.7 Å². The third-order valence-electron chi connectivity index (χ3n) is 2.52. The summed E-state index contributed by atoms with van der Waals surface area (Å²) in [6.07, 6.45) is 1.01. The first-order valence-electron chi connectivity index (χ1n) is 5.55. The molecular weight excluding hydrogens is 186 g/mol. The molecular formula is C12H23N3. The van der Waals surface area contributed by atoms with Crippen LogP contribution in [0.4, 0.5) is 5.82 Å². The molecule has 3 heteroatoms. The van der Waals surface area contributed by atoms with Crippen LogP contribution < -0.4 is 5.73 Å². The second kappa shape index (κ2) is 3.87. The van der Waals surface area contributed by atoms with E-state index in [9.17, 15) is 0 Å². The van der Waals surface area contributed by atoms with Crippen molar-refractivity contribution in [3.63, 3.8) is 0 Å². The largest absolute Gasteiger partial charge is 0.384 e. The molecule has 0 aromatic carbocycles. The minimum absolute atomic E-state index is 0.0691. The number of aromatic nitrogens is 2. The molecule has 1 heterocycles. The Balaban J connectivity index is 3.21. The first-order chi connectivity index (χ1) is 6.73. The summed E-state index contributed by atoms with van der Waals surface area (Å²) in [6, 6.07) is 0. The number of aryl methyl sites for hydroxylation is 1. The van der Waals surface area contributed by atoms with Gasteiger partial charge in [-0.25, -0.2) is 0 Å². The lowest BCUT2D eigenvalue weighted by Gasteiger charge is -2.18. The van der Waals surface area contributed by atoms with Gasteiger partial charge in [0.25, 0.3) is 0 Å². The van der Waals surface area contributed by atoms with E-state index in [-0.39, 0.29) is 5.41 Å². The SMILES string of the molecule is CC(C)Cc1c(C(C)(C)C)nn(C)c1N. The van der Waals surface area contributed by atoms with Gasteiger partial charge in [0.2, 0.25) is 0 Å². The van der Waals surface area contributed by atoms with E-state index in [1.807, 2.05) is 7.05 Å². The molecule has 1 rings (SSSR count). The molecule has 0 aliphatic rings. The van der Waals surface area contributed by atoms with Crippen LogP contribution in [-0.4, -0.2) is 9.78 Å². The van der Waals surface area contributed by atoms with E-state index in [0.717, 1.165) is 17.9 Å². The van der Waals surface area contributed by atoms with Gasteiger partial charge in [0, 0.05) is 18.0 Å². The van der Waals surface area contributed by atoms with Gasteiger partial charge < -0.3 is 5.73 Å². The second-order valence-corrected chi connectivity index (χ2v) is 5.68. The van der Waals surface area contributed by atoms with Gasteiger partial charge in [0.05, 0.1) is 5.69 Å². The molecule has 0 spiro atoms. The van der Waals surface area contributed by atoms with Crippen molar-refractivity contribution >= 4 is 5.82 Å². The maximum Gasteiger partial charge on any atom is 0.124 e. The van der Waals surface area contributed by atoms with Crippen molar-refractivity contribution in [3.05, 3.63) is 11.3 Å². The number of nitrogens with two attached hydrogens (primary N) is 1. The predicted octanol–water partition coefficient (Wildman–Crippen LogP) is 2.50. The summed E-state index contributed by atoms with van der Waals surface area (Å²) >= 11 is 0. The van der Waals surface area contributed by atoms with Crippen molar-refractivity contribution in [1.29, 1.82) is 0 Å². The summed E-state index contributed by atoms with van der Waals surface area (Å²) in [5.41, 5.74) is 8.48. The molecule has 0 atom stereocenters. The number of nitrogen functional groups attached to an aromatic ring is 1. The van der Waals surface area contributed by atoms with Crippen LogP contribution in [0.3, 0.4) is 0 Å². The molecule has 0 saturated heterocycles. The molecule has 2 N–H and O–H groups in total. The normalized spacial score (nSPS) is 12.5. The number of hydrogen-bond donors (Lipinski definition) is 1. The Hall–Kier alpha value is -0.990. The van der Waals surface area contributed by atoms with Crippen molar-refractivity contribution in [2.75, 3.05) is 5.73 Å². The predicted molar refractivity (Wildman–Crippen MR) is 64.9 cm³/mol. The van der Waals surface area contributed by atoms with Gasteiger partial charge in [0.15, 0.2) is 0 Å². The monoisotopic (exact) mass is 209 g/mol. The molecule has 0 aliphatic carbocycles. The van der Waals surface area contributed by atoms with Gasteiger partial charge in [0.1, 0.15) is 5.82 Å². The summed E-state index contributed by atoms with van der Waals surface area (Å²) in [7, 11) is 1.91. The Bertz CT molecular complexity index is 342. The van der Waals surface area contributed by atoms with E-state index in [4.69, 9.17) is 5.73 Å². The Kier molecular flexibility index (Phi) is 3.12. The average Bonchev–Trinajstić information content (AvgIpc) is 2.30. The summed E-state index contributed by atoms with van der Waals surface area (Å²) < 4.78 is 1.79. The highest BCUT2D eigenvalue weighted by molar-refractivity contribution is 5.45. The van der Waals surface area contributed by atoms with Crippen molar-refractivity contribution in [3.8, 4) is 0 Å². The first-order valence-corrected chi connectivity index (χ1v) is 5.55. The average molecular weight is 209 g/mol. The zero-order valence-electron chi connectivity index (χ0n) is 10.8. The third-order valence-corrected chi connectivity index (χ3v) is 2.52. The Morgan fingerprint density at radius 2 is 1.87 bits per heavy atom. The minimum Gasteiger partial charge on any atom is -0.384 e. The van der Waals surface area contributed by atoms with Crippen LogP contribution in [0, 0.1) is 5.92 Å². The molecule has 0 unspecified atom stereocenters. The molecule has 0 radical (unpaired) electrons. The second-order valence-electron chi connectivity index (χ2n) is 5.68. The Morgan fingerprint density at radius 3 is 2.27 bits per heavy atom. The molecule has 1 aromatic rings. The number of nitrogens with zero attached hydrogens (tertiary/aromatic N) is 2. The summed E-state index contributed by atoms with van der Waals surface area (Å²) in [5, 5.41) is 4.53. The van der Waals surface area contributed by atoms with Gasteiger partial charge in [-0.2, -0.15) is 5.10 Å². The fourth-order valence-corrected chi connectivity index (χ4v) is 1.79. The minimum atomic E-state index is 0.0691. The van der Waals surface area contributed by atoms with E-state index in [2.05, 4.69) is 39.7 Å². The molecule has 0 amide bonds. The molecule has 0 bridgehead atoms. The van der Waals surface area contributed by atoms with Crippen LogP contribution in [0.2, 0.25) is 0 Å². The number of hydrogen-bond acceptors (Lipinski definition) is 2. The number of rotatable bonds is 2. The summed E-state index contributed by atoms with van der Waals surface area (Å²) in [6.45, 7) is 11.0. The zero-order chi connectivity index (χ0) is 11.8. The highest BCUT2D eigenvalue weighted by Gasteiger charge is 2.24. The molecule has 0 saturated carbocycles. The van der Waals surface area contributed by atoms with E-state index >= 15 is 0 Å². The van der Waals surface area contributed by atoms with Crippen LogP contribution >= 0.6 is 0 Å². The fourth-order valence-electron chi connectivity index (χ4n) is 1.79.